The van der Waals surface area contributed by atoms with Crippen LogP contribution < -0.4 is 5.32 Å². The summed E-state index contributed by atoms with van der Waals surface area (Å²) in [5.41, 5.74) is 0. The molecule has 5 nitrogen and oxygen atoms in total. The van der Waals surface area contributed by atoms with Gasteiger partial charge in [-0.15, -0.1) is 23.7 Å². The Morgan fingerprint density at radius 1 is 1.63 bits per heavy atom. The number of terminal acetylenes is 1. The third-order valence-electron chi connectivity index (χ3n) is 2.54. The Kier molecular flexibility index (Phi) is 5.90. The van der Waals surface area contributed by atoms with Gasteiger partial charge in [0.05, 0.1) is 0 Å². The predicted molar refractivity (Wildman–Crippen MR) is 74.1 cm³/mol. The zero-order valence-electron chi connectivity index (χ0n) is 10.6. The van der Waals surface area contributed by atoms with Crippen LogP contribution in [0.2, 0.25) is 0 Å². The second kappa shape index (κ2) is 7.44. The number of likely N-dealkylation sites (N-methyl/N-ethyl adjacent to an activating group) is 1. The van der Waals surface area contributed by atoms with Crippen LogP contribution in [0.4, 0.5) is 4.79 Å². The molecule has 1 atom stereocenters. The minimum Gasteiger partial charge on any atom is -0.480 e. The van der Waals surface area contributed by atoms with E-state index in [4.69, 9.17) is 11.5 Å². The quantitative estimate of drug-likeness (QED) is 0.774. The van der Waals surface area contributed by atoms with E-state index in [0.717, 1.165) is 6.42 Å². The van der Waals surface area contributed by atoms with E-state index in [9.17, 15) is 9.59 Å². The first kappa shape index (κ1) is 15.1. The first-order chi connectivity index (χ1) is 9.04. The lowest BCUT2D eigenvalue weighted by molar-refractivity contribution is -0.139. The zero-order valence-corrected chi connectivity index (χ0v) is 11.4. The number of nitrogens with zero attached hydrogens (tertiary/aromatic N) is 1. The maximum atomic E-state index is 11.8. The van der Waals surface area contributed by atoms with Crippen LogP contribution in [0.15, 0.2) is 17.5 Å². The van der Waals surface area contributed by atoms with E-state index in [1.165, 1.54) is 9.78 Å². The summed E-state index contributed by atoms with van der Waals surface area (Å²) in [5.74, 6) is 1.11. The molecular formula is C13H16N2O3S. The van der Waals surface area contributed by atoms with E-state index < -0.39 is 18.0 Å². The summed E-state index contributed by atoms with van der Waals surface area (Å²) in [6, 6.07) is 2.48. The van der Waals surface area contributed by atoms with Crippen LogP contribution in [-0.2, 0) is 11.2 Å². The van der Waals surface area contributed by atoms with E-state index in [-0.39, 0.29) is 6.42 Å². The van der Waals surface area contributed by atoms with Crippen molar-refractivity contribution in [3.63, 3.8) is 0 Å². The summed E-state index contributed by atoms with van der Waals surface area (Å²) >= 11 is 1.62. The SMILES string of the molecule is C#CCC(NC(=O)N(C)CCc1cccs1)C(=O)O. The molecule has 102 valence electrons. The molecule has 0 bridgehead atoms. The number of nitrogens with one attached hydrogen (secondary N) is 1. The highest BCUT2D eigenvalue weighted by molar-refractivity contribution is 7.09. The number of aliphatic carboxylic acids is 1. The normalized spacial score (nSPS) is 11.4. The van der Waals surface area contributed by atoms with Crippen molar-refractivity contribution in [2.75, 3.05) is 13.6 Å². The molecule has 0 aromatic carbocycles. The Bertz CT molecular complexity index is 465. The van der Waals surface area contributed by atoms with Crippen LogP contribution >= 0.6 is 11.3 Å². The lowest BCUT2D eigenvalue weighted by Crippen LogP contribution is -2.46. The van der Waals surface area contributed by atoms with Gasteiger partial charge in [0.25, 0.3) is 0 Å². The van der Waals surface area contributed by atoms with Crippen LogP contribution in [0.25, 0.3) is 0 Å². The van der Waals surface area contributed by atoms with E-state index in [1.807, 2.05) is 17.5 Å². The fraction of sp³-hybridized carbons (Fsp3) is 0.385. The summed E-state index contributed by atoms with van der Waals surface area (Å²) in [6.07, 6.45) is 5.78. The van der Waals surface area contributed by atoms with Gasteiger partial charge < -0.3 is 15.3 Å². The molecule has 1 rings (SSSR count). The van der Waals surface area contributed by atoms with Gasteiger partial charge in [0.2, 0.25) is 0 Å². The molecule has 0 aliphatic carbocycles. The summed E-state index contributed by atoms with van der Waals surface area (Å²) < 4.78 is 0. The predicted octanol–water partition coefficient (Wildman–Crippen LogP) is 1.41. The molecule has 1 aromatic rings. The molecule has 2 N–H and O–H groups in total. The highest BCUT2D eigenvalue weighted by atomic mass is 32.1. The molecule has 1 aromatic heterocycles. The van der Waals surface area contributed by atoms with Gasteiger partial charge in [-0.1, -0.05) is 6.07 Å². The number of thiophene rings is 1. The van der Waals surface area contributed by atoms with Crippen molar-refractivity contribution in [2.24, 2.45) is 0 Å². The first-order valence-corrected chi connectivity index (χ1v) is 6.63. The third kappa shape index (κ3) is 5.02. The summed E-state index contributed by atoms with van der Waals surface area (Å²) in [4.78, 5) is 25.3. The van der Waals surface area contributed by atoms with Crippen LogP contribution in [0.1, 0.15) is 11.3 Å². The lowest BCUT2D eigenvalue weighted by Gasteiger charge is -2.20. The van der Waals surface area contributed by atoms with Crippen molar-refractivity contribution in [3.8, 4) is 12.3 Å². The van der Waals surface area contributed by atoms with Crippen LogP contribution in [-0.4, -0.2) is 41.6 Å². The van der Waals surface area contributed by atoms with Gasteiger partial charge in [-0.05, 0) is 17.9 Å². The minimum atomic E-state index is -1.13. The number of carboxylic acid groups (broad SMARTS) is 1. The number of amides is 2. The van der Waals surface area contributed by atoms with E-state index in [2.05, 4.69) is 11.2 Å². The molecule has 19 heavy (non-hydrogen) atoms. The van der Waals surface area contributed by atoms with Crippen molar-refractivity contribution in [2.45, 2.75) is 18.9 Å². The summed E-state index contributed by atoms with van der Waals surface area (Å²) in [6.45, 7) is 0.523. The Hall–Kier alpha value is -2.00. The number of carbonyl (C=O) groups excluding carboxylic acids is 1. The average molecular weight is 280 g/mol. The minimum absolute atomic E-state index is 0.0279. The molecule has 1 heterocycles. The molecule has 0 radical (unpaired) electrons. The second-order valence-corrected chi connectivity index (χ2v) is 5.03. The molecule has 0 spiro atoms. The Labute approximate surface area is 116 Å². The number of rotatable bonds is 6. The Balaban J connectivity index is 2.43. The highest BCUT2D eigenvalue weighted by Gasteiger charge is 2.20. The van der Waals surface area contributed by atoms with Gasteiger partial charge in [-0.2, -0.15) is 0 Å². The third-order valence-corrected chi connectivity index (χ3v) is 3.47. The van der Waals surface area contributed by atoms with E-state index >= 15 is 0 Å². The zero-order chi connectivity index (χ0) is 14.3. The Morgan fingerprint density at radius 3 is 2.89 bits per heavy atom. The molecule has 0 aliphatic heterocycles. The van der Waals surface area contributed by atoms with Gasteiger partial charge in [-0.25, -0.2) is 9.59 Å². The van der Waals surface area contributed by atoms with Crippen molar-refractivity contribution in [1.29, 1.82) is 0 Å². The van der Waals surface area contributed by atoms with Gasteiger partial charge in [0.15, 0.2) is 0 Å². The van der Waals surface area contributed by atoms with E-state index in [1.54, 1.807) is 18.4 Å². The van der Waals surface area contributed by atoms with Gasteiger partial charge in [-0.3, -0.25) is 0 Å². The molecule has 6 heteroatoms. The smallest absolute Gasteiger partial charge is 0.327 e. The number of urea groups is 1. The molecule has 0 aliphatic rings. The van der Waals surface area contributed by atoms with Gasteiger partial charge >= 0.3 is 12.0 Å². The second-order valence-electron chi connectivity index (χ2n) is 4.00. The molecule has 2 amide bonds. The number of carboxylic acids is 1. The standard InChI is InChI=1S/C13H16N2O3S/c1-3-5-11(12(16)17)14-13(18)15(2)8-7-10-6-4-9-19-10/h1,4,6,9,11H,5,7-8H2,2H3,(H,14,18)(H,16,17). The Morgan fingerprint density at radius 2 is 2.37 bits per heavy atom. The fourth-order valence-electron chi connectivity index (χ4n) is 1.41. The molecule has 0 fully saturated rings. The van der Waals surface area contributed by atoms with Crippen LogP contribution in [0.5, 0.6) is 0 Å². The molecule has 0 saturated heterocycles. The maximum Gasteiger partial charge on any atom is 0.327 e. The van der Waals surface area contributed by atoms with Gasteiger partial charge in [0, 0.05) is 24.9 Å². The largest absolute Gasteiger partial charge is 0.480 e. The highest BCUT2D eigenvalue weighted by Crippen LogP contribution is 2.09. The monoisotopic (exact) mass is 280 g/mol. The molecular weight excluding hydrogens is 264 g/mol. The average Bonchev–Trinajstić information content (AvgIpc) is 2.88. The van der Waals surface area contributed by atoms with Crippen molar-refractivity contribution in [1.82, 2.24) is 10.2 Å². The first-order valence-electron chi connectivity index (χ1n) is 5.75. The number of carbonyl (C=O) groups is 2. The lowest BCUT2D eigenvalue weighted by atomic mass is 10.2. The van der Waals surface area contributed by atoms with Crippen LogP contribution in [0, 0.1) is 12.3 Å². The van der Waals surface area contributed by atoms with Crippen molar-refractivity contribution in [3.05, 3.63) is 22.4 Å². The number of hydrogen-bond acceptors (Lipinski definition) is 3. The molecule has 1 unspecified atom stereocenters. The molecule has 0 saturated carbocycles. The summed E-state index contributed by atoms with van der Waals surface area (Å²) in [7, 11) is 1.62. The summed E-state index contributed by atoms with van der Waals surface area (Å²) in [5, 5.41) is 13.3. The number of hydrogen-bond donors (Lipinski definition) is 2. The van der Waals surface area contributed by atoms with E-state index in [0.29, 0.717) is 6.54 Å². The van der Waals surface area contributed by atoms with Crippen molar-refractivity contribution < 1.29 is 14.7 Å². The topological polar surface area (TPSA) is 69.6 Å². The van der Waals surface area contributed by atoms with Crippen molar-refractivity contribution >= 4 is 23.3 Å². The fourth-order valence-corrected chi connectivity index (χ4v) is 2.11. The van der Waals surface area contributed by atoms with Gasteiger partial charge in [0.1, 0.15) is 6.04 Å². The maximum absolute atomic E-state index is 11.8. The van der Waals surface area contributed by atoms with Crippen LogP contribution in [0.3, 0.4) is 0 Å².